The molecule has 0 aliphatic heterocycles. The highest BCUT2D eigenvalue weighted by molar-refractivity contribution is 5.95. The van der Waals surface area contributed by atoms with Crippen LogP contribution in [0, 0.1) is 6.92 Å². The summed E-state index contributed by atoms with van der Waals surface area (Å²) < 4.78 is 41.1. The lowest BCUT2D eigenvalue weighted by molar-refractivity contribution is -0.138. The zero-order valence-electron chi connectivity index (χ0n) is 27.8. The highest BCUT2D eigenvalue weighted by atomic mass is 16.7. The van der Waals surface area contributed by atoms with Gasteiger partial charge >= 0.3 is 36.2 Å². The fourth-order valence-corrected chi connectivity index (χ4v) is 3.99. The number of rotatable bonds is 18. The van der Waals surface area contributed by atoms with Gasteiger partial charge in [-0.25, -0.2) is 28.8 Å². The van der Waals surface area contributed by atoms with Crippen LogP contribution in [0.25, 0.3) is 0 Å². The lowest BCUT2D eigenvalue weighted by atomic mass is 10.2. The summed E-state index contributed by atoms with van der Waals surface area (Å²) >= 11 is 0. The molecule has 0 radical (unpaired) electrons. The number of aryl methyl sites for hydroxylation is 1. The van der Waals surface area contributed by atoms with E-state index in [2.05, 4.69) is 13.2 Å². The van der Waals surface area contributed by atoms with Gasteiger partial charge in [0.15, 0.2) is 0 Å². The summed E-state index contributed by atoms with van der Waals surface area (Å²) in [5.74, 6) is -2.69. The number of carbonyl (C=O) groups is 6. The number of ether oxygens (including phenoxy) is 8. The second-order valence-corrected chi connectivity index (χ2v) is 10.3. The maximum Gasteiger partial charge on any atom is 0.513 e. The van der Waals surface area contributed by atoms with Crippen LogP contribution in [0.15, 0.2) is 92.0 Å². The van der Waals surface area contributed by atoms with Crippen LogP contribution in [0.5, 0.6) is 23.0 Å². The Labute approximate surface area is 293 Å². The summed E-state index contributed by atoms with van der Waals surface area (Å²) in [6.07, 6.45) is 1.74. The third kappa shape index (κ3) is 13.5. The van der Waals surface area contributed by atoms with Crippen molar-refractivity contribution in [1.82, 2.24) is 0 Å². The van der Waals surface area contributed by atoms with Crippen molar-refractivity contribution in [2.75, 3.05) is 26.4 Å². The number of benzene rings is 3. The summed E-state index contributed by atoms with van der Waals surface area (Å²) in [5.41, 5.74) is 0.325. The molecule has 0 saturated heterocycles. The molecule has 51 heavy (non-hydrogen) atoms. The van der Waals surface area contributed by atoms with Gasteiger partial charge in [0, 0.05) is 12.2 Å². The predicted octanol–water partition coefficient (Wildman–Crippen LogP) is 6.48. The fraction of sp³-hybridized carbons (Fsp3) is 0.243. The Hall–Kier alpha value is -6.44. The number of unbranched alkanes of at least 4 members (excludes halogenated alkanes) is 2. The molecule has 0 spiro atoms. The van der Waals surface area contributed by atoms with Gasteiger partial charge in [0.2, 0.25) is 0 Å². The van der Waals surface area contributed by atoms with Crippen molar-refractivity contribution in [3.05, 3.63) is 109 Å². The van der Waals surface area contributed by atoms with Gasteiger partial charge in [-0.2, -0.15) is 0 Å². The summed E-state index contributed by atoms with van der Waals surface area (Å²) in [5, 5.41) is 0. The van der Waals surface area contributed by atoms with E-state index in [9.17, 15) is 28.8 Å². The molecule has 0 N–H and O–H groups in total. The molecule has 0 atom stereocenters. The highest BCUT2D eigenvalue weighted by Gasteiger charge is 2.21. The number of hydrogen-bond acceptors (Lipinski definition) is 14. The van der Waals surface area contributed by atoms with E-state index in [1.165, 1.54) is 42.5 Å². The SMILES string of the molecule is C=CC(=O)OCCCCOC(=O)Oc1ccccc1C(=O)Oc1ccc(OC(=O)c2ccccc2OC(=O)OCCCCOC(=O)C=C)c(C)c1. The largest absolute Gasteiger partial charge is 0.513 e. The molecular weight excluding hydrogens is 668 g/mol. The summed E-state index contributed by atoms with van der Waals surface area (Å²) in [4.78, 5) is 72.5. The van der Waals surface area contributed by atoms with Crippen LogP contribution in [-0.4, -0.2) is 62.6 Å². The van der Waals surface area contributed by atoms with E-state index in [0.717, 1.165) is 12.2 Å². The lowest BCUT2D eigenvalue weighted by Crippen LogP contribution is -2.16. The van der Waals surface area contributed by atoms with Gasteiger partial charge in [0.25, 0.3) is 0 Å². The Bertz CT molecular complexity index is 1730. The van der Waals surface area contributed by atoms with Gasteiger partial charge in [-0.05, 0) is 80.6 Å². The molecule has 0 unspecified atom stereocenters. The first-order valence-electron chi connectivity index (χ1n) is 15.6. The van der Waals surface area contributed by atoms with Crippen LogP contribution in [0.1, 0.15) is 52.0 Å². The van der Waals surface area contributed by atoms with E-state index in [1.54, 1.807) is 31.2 Å². The third-order valence-electron chi connectivity index (χ3n) is 6.50. The van der Waals surface area contributed by atoms with E-state index >= 15 is 0 Å². The molecule has 3 aromatic rings. The summed E-state index contributed by atoms with van der Waals surface area (Å²) in [7, 11) is 0. The Kier molecular flexibility index (Phi) is 15.9. The molecule has 0 aromatic heterocycles. The Balaban J connectivity index is 1.52. The molecule has 0 aliphatic rings. The van der Waals surface area contributed by atoms with Crippen molar-refractivity contribution in [2.45, 2.75) is 32.6 Å². The molecule has 0 fully saturated rings. The van der Waals surface area contributed by atoms with E-state index in [-0.39, 0.29) is 60.6 Å². The molecule has 14 heteroatoms. The van der Waals surface area contributed by atoms with Crippen molar-refractivity contribution in [1.29, 1.82) is 0 Å². The molecule has 0 aliphatic carbocycles. The van der Waals surface area contributed by atoms with Crippen LogP contribution >= 0.6 is 0 Å². The standard InChI is InChI=1S/C37H36O14/c1-4-32(38)44-20-10-12-22-46-36(42)50-30-16-8-6-14-27(30)34(40)48-26-18-19-29(25(3)24-26)49-35(41)28-15-7-9-17-31(28)51-37(43)47-23-13-11-21-45-33(39)5-2/h4-9,14-19,24H,1-2,10-13,20-23H2,3H3. The molecule has 3 rings (SSSR count). The average Bonchev–Trinajstić information content (AvgIpc) is 3.12. The Morgan fingerprint density at radius 2 is 0.961 bits per heavy atom. The zero-order chi connectivity index (χ0) is 37.0. The molecule has 0 bridgehead atoms. The quantitative estimate of drug-likeness (QED) is 0.0351. The topological polar surface area (TPSA) is 176 Å². The number of hydrogen-bond donors (Lipinski definition) is 0. The molecular formula is C37H36O14. The maximum absolute atomic E-state index is 13.0. The minimum atomic E-state index is -1.04. The maximum atomic E-state index is 13.0. The Morgan fingerprint density at radius 3 is 1.41 bits per heavy atom. The minimum Gasteiger partial charge on any atom is -0.463 e. The van der Waals surface area contributed by atoms with Crippen LogP contribution in [0.2, 0.25) is 0 Å². The van der Waals surface area contributed by atoms with Gasteiger partial charge < -0.3 is 37.9 Å². The van der Waals surface area contributed by atoms with Crippen LogP contribution in [0.3, 0.4) is 0 Å². The van der Waals surface area contributed by atoms with E-state index in [4.69, 9.17) is 37.9 Å². The van der Waals surface area contributed by atoms with Gasteiger partial charge in [0.1, 0.15) is 34.1 Å². The van der Waals surface area contributed by atoms with Crippen molar-refractivity contribution < 1.29 is 66.7 Å². The van der Waals surface area contributed by atoms with Gasteiger partial charge in [-0.1, -0.05) is 37.4 Å². The first kappa shape index (κ1) is 39.0. The van der Waals surface area contributed by atoms with Gasteiger partial charge in [-0.15, -0.1) is 0 Å². The first-order valence-corrected chi connectivity index (χ1v) is 15.6. The summed E-state index contributed by atoms with van der Waals surface area (Å²) in [6.45, 7) is 8.50. The predicted molar refractivity (Wildman–Crippen MR) is 179 cm³/mol. The molecule has 268 valence electrons. The van der Waals surface area contributed by atoms with Gasteiger partial charge in [-0.3, -0.25) is 0 Å². The van der Waals surface area contributed by atoms with Crippen molar-refractivity contribution in [3.63, 3.8) is 0 Å². The van der Waals surface area contributed by atoms with Crippen molar-refractivity contribution in [3.8, 4) is 23.0 Å². The van der Waals surface area contributed by atoms with Gasteiger partial charge in [0.05, 0.1) is 26.4 Å². The second kappa shape index (κ2) is 20.8. The smallest absolute Gasteiger partial charge is 0.463 e. The molecule has 0 heterocycles. The van der Waals surface area contributed by atoms with Crippen LogP contribution in [-0.2, 0) is 28.5 Å². The second-order valence-electron chi connectivity index (χ2n) is 10.3. The zero-order valence-corrected chi connectivity index (χ0v) is 27.8. The van der Waals surface area contributed by atoms with E-state index in [1.807, 2.05) is 0 Å². The monoisotopic (exact) mass is 704 g/mol. The highest BCUT2D eigenvalue weighted by Crippen LogP contribution is 2.28. The van der Waals surface area contributed by atoms with E-state index in [0.29, 0.717) is 31.2 Å². The Morgan fingerprint density at radius 1 is 0.529 bits per heavy atom. The number of esters is 4. The van der Waals surface area contributed by atoms with Crippen LogP contribution < -0.4 is 18.9 Å². The number of para-hydroxylation sites is 2. The summed E-state index contributed by atoms with van der Waals surface area (Å²) in [6, 6.07) is 16.1. The van der Waals surface area contributed by atoms with Crippen molar-refractivity contribution >= 4 is 36.2 Å². The molecule has 0 saturated carbocycles. The molecule has 14 nitrogen and oxygen atoms in total. The molecule has 0 amide bonds. The first-order chi connectivity index (χ1) is 24.6. The van der Waals surface area contributed by atoms with Crippen molar-refractivity contribution in [2.24, 2.45) is 0 Å². The van der Waals surface area contributed by atoms with E-state index < -0.39 is 36.2 Å². The third-order valence-corrected chi connectivity index (χ3v) is 6.50. The van der Waals surface area contributed by atoms with Crippen LogP contribution in [0.4, 0.5) is 9.59 Å². The normalized spacial score (nSPS) is 10.1. The fourth-order valence-electron chi connectivity index (χ4n) is 3.99. The lowest BCUT2D eigenvalue weighted by Gasteiger charge is -2.13. The average molecular weight is 705 g/mol. The number of carbonyl (C=O) groups excluding carboxylic acids is 6. The minimum absolute atomic E-state index is 0.00234. The molecule has 3 aromatic carbocycles.